The molecule has 86 valence electrons. The minimum absolute atomic E-state index is 0.186. The molecule has 0 N–H and O–H groups in total. The van der Waals surface area contributed by atoms with Crippen molar-refractivity contribution in [1.29, 1.82) is 0 Å². The fraction of sp³-hybridized carbons (Fsp3) is 0.333. The third-order valence-corrected chi connectivity index (χ3v) is 1.86. The van der Waals surface area contributed by atoms with Gasteiger partial charge in [0.1, 0.15) is 0 Å². The molecule has 4 nitrogen and oxygen atoms in total. The molecule has 0 bridgehead atoms. The molecule has 0 fully saturated rings. The monoisotopic (exact) mass is 222 g/mol. The highest BCUT2D eigenvalue weighted by atomic mass is 16.5. The summed E-state index contributed by atoms with van der Waals surface area (Å²) in [5, 5.41) is 0. The molecular formula is C12H14O4. The van der Waals surface area contributed by atoms with E-state index in [2.05, 4.69) is 4.74 Å². The van der Waals surface area contributed by atoms with Crippen LogP contribution in [-0.2, 0) is 9.47 Å². The Bertz CT molecular complexity index is 396. The molecule has 0 saturated carbocycles. The molecule has 0 aliphatic rings. The summed E-state index contributed by atoms with van der Waals surface area (Å²) in [6.45, 7) is 3.53. The largest absolute Gasteiger partial charge is 0.465 e. The van der Waals surface area contributed by atoms with Gasteiger partial charge in [0.2, 0.25) is 0 Å². The first-order chi connectivity index (χ1) is 7.54. The average Bonchev–Trinajstić information content (AvgIpc) is 2.27. The van der Waals surface area contributed by atoms with Crippen LogP contribution in [0.1, 0.15) is 34.6 Å². The second-order valence-electron chi connectivity index (χ2n) is 3.53. The number of benzene rings is 1. The highest BCUT2D eigenvalue weighted by molar-refractivity contribution is 5.95. The fourth-order valence-corrected chi connectivity index (χ4v) is 1.17. The number of ether oxygens (including phenoxy) is 2. The first-order valence-electron chi connectivity index (χ1n) is 4.94. The normalized spacial score (nSPS) is 10.0. The average molecular weight is 222 g/mol. The molecule has 0 saturated heterocycles. The second kappa shape index (κ2) is 5.30. The van der Waals surface area contributed by atoms with Gasteiger partial charge >= 0.3 is 11.9 Å². The topological polar surface area (TPSA) is 52.6 Å². The van der Waals surface area contributed by atoms with Gasteiger partial charge in [0.25, 0.3) is 0 Å². The van der Waals surface area contributed by atoms with E-state index in [-0.39, 0.29) is 6.10 Å². The van der Waals surface area contributed by atoms with Gasteiger partial charge in [-0.2, -0.15) is 0 Å². The summed E-state index contributed by atoms with van der Waals surface area (Å²) in [6, 6.07) is 6.24. The molecule has 1 aromatic carbocycles. The predicted molar refractivity (Wildman–Crippen MR) is 58.3 cm³/mol. The van der Waals surface area contributed by atoms with E-state index < -0.39 is 11.9 Å². The molecule has 0 aromatic heterocycles. The third-order valence-electron chi connectivity index (χ3n) is 1.86. The van der Waals surface area contributed by atoms with Crippen molar-refractivity contribution in [1.82, 2.24) is 0 Å². The first kappa shape index (κ1) is 12.2. The van der Waals surface area contributed by atoms with Crippen LogP contribution in [0.5, 0.6) is 0 Å². The van der Waals surface area contributed by atoms with Crippen LogP contribution in [0.25, 0.3) is 0 Å². The molecule has 0 aliphatic heterocycles. The van der Waals surface area contributed by atoms with Gasteiger partial charge in [-0.25, -0.2) is 9.59 Å². The molecule has 0 amide bonds. The highest BCUT2D eigenvalue weighted by Crippen LogP contribution is 2.09. The third kappa shape index (κ3) is 3.08. The zero-order chi connectivity index (χ0) is 12.1. The van der Waals surface area contributed by atoms with E-state index >= 15 is 0 Å². The van der Waals surface area contributed by atoms with Gasteiger partial charge in [-0.1, -0.05) is 6.07 Å². The Hall–Kier alpha value is -1.84. The Morgan fingerprint density at radius 3 is 2.19 bits per heavy atom. The van der Waals surface area contributed by atoms with Gasteiger partial charge in [0, 0.05) is 0 Å². The number of methoxy groups -OCH3 is 1. The van der Waals surface area contributed by atoms with Gasteiger partial charge < -0.3 is 9.47 Å². The lowest BCUT2D eigenvalue weighted by Gasteiger charge is -2.08. The molecule has 0 unspecified atom stereocenters. The molecule has 0 heterocycles. The summed E-state index contributed by atoms with van der Waals surface area (Å²) in [5.74, 6) is -0.917. The number of carbonyl (C=O) groups excluding carboxylic acids is 2. The number of rotatable bonds is 3. The summed E-state index contributed by atoms with van der Waals surface area (Å²) in [5.41, 5.74) is 0.678. The van der Waals surface area contributed by atoms with Gasteiger partial charge in [0.05, 0.1) is 24.3 Å². The van der Waals surface area contributed by atoms with Crippen molar-refractivity contribution in [3.8, 4) is 0 Å². The van der Waals surface area contributed by atoms with E-state index in [0.29, 0.717) is 11.1 Å². The Kier molecular flexibility index (Phi) is 4.05. The van der Waals surface area contributed by atoms with Crippen LogP contribution in [0, 0.1) is 0 Å². The maximum atomic E-state index is 11.5. The lowest BCUT2D eigenvalue weighted by Crippen LogP contribution is -2.12. The summed E-state index contributed by atoms with van der Waals surface area (Å²) >= 11 is 0. The molecule has 0 atom stereocenters. The quantitative estimate of drug-likeness (QED) is 0.734. The van der Waals surface area contributed by atoms with Crippen LogP contribution >= 0.6 is 0 Å². The molecular weight excluding hydrogens is 208 g/mol. The molecule has 0 radical (unpaired) electrons. The molecule has 0 aliphatic carbocycles. The smallest absolute Gasteiger partial charge is 0.338 e. The Labute approximate surface area is 94.2 Å². The van der Waals surface area contributed by atoms with E-state index in [4.69, 9.17) is 4.74 Å². The maximum Gasteiger partial charge on any atom is 0.338 e. The zero-order valence-corrected chi connectivity index (χ0v) is 9.52. The predicted octanol–water partition coefficient (Wildman–Crippen LogP) is 2.04. The van der Waals surface area contributed by atoms with Gasteiger partial charge in [-0.15, -0.1) is 0 Å². The van der Waals surface area contributed by atoms with Gasteiger partial charge in [-0.3, -0.25) is 0 Å². The Morgan fingerprint density at radius 1 is 1.12 bits per heavy atom. The fourth-order valence-electron chi connectivity index (χ4n) is 1.17. The minimum atomic E-state index is -0.473. The van der Waals surface area contributed by atoms with Crippen molar-refractivity contribution >= 4 is 11.9 Å². The van der Waals surface area contributed by atoms with Crippen molar-refractivity contribution in [3.63, 3.8) is 0 Å². The van der Waals surface area contributed by atoms with Crippen LogP contribution in [-0.4, -0.2) is 25.2 Å². The number of esters is 2. The lowest BCUT2D eigenvalue weighted by atomic mass is 10.1. The Balaban J connectivity index is 2.90. The number of hydrogen-bond donors (Lipinski definition) is 0. The summed E-state index contributed by atoms with van der Waals surface area (Å²) in [6.07, 6.45) is -0.186. The Morgan fingerprint density at radius 2 is 1.69 bits per heavy atom. The SMILES string of the molecule is COC(=O)c1cccc(C(=O)OC(C)C)c1. The van der Waals surface area contributed by atoms with Crippen LogP contribution in [0.4, 0.5) is 0 Å². The van der Waals surface area contributed by atoms with Gasteiger partial charge in [0.15, 0.2) is 0 Å². The summed E-state index contributed by atoms with van der Waals surface area (Å²) in [7, 11) is 1.29. The van der Waals surface area contributed by atoms with E-state index in [9.17, 15) is 9.59 Å². The lowest BCUT2D eigenvalue weighted by molar-refractivity contribution is 0.0378. The minimum Gasteiger partial charge on any atom is -0.465 e. The molecule has 0 spiro atoms. The van der Waals surface area contributed by atoms with Crippen LogP contribution in [0.3, 0.4) is 0 Å². The number of hydrogen-bond acceptors (Lipinski definition) is 4. The van der Waals surface area contributed by atoms with Crippen molar-refractivity contribution in [2.24, 2.45) is 0 Å². The molecule has 1 rings (SSSR count). The van der Waals surface area contributed by atoms with Gasteiger partial charge in [-0.05, 0) is 32.0 Å². The van der Waals surface area contributed by atoms with Crippen LogP contribution < -0.4 is 0 Å². The van der Waals surface area contributed by atoms with Crippen LogP contribution in [0.15, 0.2) is 24.3 Å². The van der Waals surface area contributed by atoms with E-state index in [0.717, 1.165) is 0 Å². The van der Waals surface area contributed by atoms with E-state index in [1.807, 2.05) is 0 Å². The van der Waals surface area contributed by atoms with E-state index in [1.165, 1.54) is 13.2 Å². The van der Waals surface area contributed by atoms with Crippen molar-refractivity contribution in [2.45, 2.75) is 20.0 Å². The second-order valence-corrected chi connectivity index (χ2v) is 3.53. The standard InChI is InChI=1S/C12H14O4/c1-8(2)16-12(14)10-6-4-5-9(7-10)11(13)15-3/h4-8H,1-3H3. The van der Waals surface area contributed by atoms with Crippen molar-refractivity contribution < 1.29 is 19.1 Å². The van der Waals surface area contributed by atoms with Crippen molar-refractivity contribution in [2.75, 3.05) is 7.11 Å². The zero-order valence-electron chi connectivity index (χ0n) is 9.52. The molecule has 4 heteroatoms. The number of carbonyl (C=O) groups is 2. The van der Waals surface area contributed by atoms with Crippen molar-refractivity contribution in [3.05, 3.63) is 35.4 Å². The molecule has 16 heavy (non-hydrogen) atoms. The first-order valence-corrected chi connectivity index (χ1v) is 4.94. The summed E-state index contributed by atoms with van der Waals surface area (Å²) in [4.78, 5) is 22.8. The van der Waals surface area contributed by atoms with Crippen LogP contribution in [0.2, 0.25) is 0 Å². The highest BCUT2D eigenvalue weighted by Gasteiger charge is 2.12. The summed E-state index contributed by atoms with van der Waals surface area (Å²) < 4.78 is 9.57. The molecule has 1 aromatic rings. The van der Waals surface area contributed by atoms with E-state index in [1.54, 1.807) is 32.0 Å². The maximum absolute atomic E-state index is 11.5.